The normalized spacial score (nSPS) is 11.3. The number of hydrogen-bond donors (Lipinski definition) is 5. The van der Waals surface area contributed by atoms with Crippen molar-refractivity contribution in [1.82, 2.24) is 20.6 Å². The molecule has 0 spiro atoms. The van der Waals surface area contributed by atoms with Crippen LogP contribution in [0.15, 0.2) is 48.9 Å². The van der Waals surface area contributed by atoms with E-state index in [2.05, 4.69) is 25.9 Å². The van der Waals surface area contributed by atoms with Gasteiger partial charge in [0.05, 0.1) is 19.3 Å². The second-order valence-electron chi connectivity index (χ2n) is 7.22. The predicted molar refractivity (Wildman–Crippen MR) is 131 cm³/mol. The van der Waals surface area contributed by atoms with Crippen molar-refractivity contribution in [1.29, 1.82) is 0 Å². The summed E-state index contributed by atoms with van der Waals surface area (Å²) in [4.78, 5) is 32.3. The van der Waals surface area contributed by atoms with Crippen LogP contribution in [0.3, 0.4) is 0 Å². The maximum Gasteiger partial charge on any atom is 0.407 e. The summed E-state index contributed by atoms with van der Waals surface area (Å²) in [5.41, 5.74) is 2.69. The molecule has 2 aromatic heterocycles. The van der Waals surface area contributed by atoms with Crippen molar-refractivity contribution in [2.75, 3.05) is 25.1 Å². The Balaban J connectivity index is 0.00000408. The molecule has 182 valence electrons. The van der Waals surface area contributed by atoms with Gasteiger partial charge in [-0.2, -0.15) is 0 Å². The van der Waals surface area contributed by atoms with Gasteiger partial charge >= 0.3 is 12.1 Å². The zero-order valence-electron chi connectivity index (χ0n) is 18.7. The molecule has 3 amide bonds. The quantitative estimate of drug-likeness (QED) is 0.310. The molecule has 0 saturated carbocycles. The lowest BCUT2D eigenvalue weighted by atomic mass is 9.96. The molecule has 0 aliphatic heterocycles. The molecule has 0 bridgehead atoms. The highest BCUT2D eigenvalue weighted by molar-refractivity contribution is 6.00. The van der Waals surface area contributed by atoms with Crippen molar-refractivity contribution in [2.45, 2.75) is 26.0 Å². The fraction of sp³-hybridized carbons (Fsp3) is 0.304. The van der Waals surface area contributed by atoms with Gasteiger partial charge in [0.25, 0.3) is 0 Å². The largest absolute Gasteiger partial charge is 0.449 e. The molecule has 0 saturated heterocycles. The molecule has 5 N–H and O–H groups in total. The van der Waals surface area contributed by atoms with Gasteiger partial charge in [-0.1, -0.05) is 12.1 Å². The van der Waals surface area contributed by atoms with Gasteiger partial charge in [0.2, 0.25) is 0 Å². The van der Waals surface area contributed by atoms with Gasteiger partial charge in [-0.15, -0.1) is 12.4 Å². The second-order valence-corrected chi connectivity index (χ2v) is 7.22. The average molecular weight is 490 g/mol. The number of ether oxygens (including phenoxy) is 1. The molecule has 0 aliphatic rings. The van der Waals surface area contributed by atoms with E-state index in [1.165, 1.54) is 0 Å². The Morgan fingerprint density at radius 3 is 2.59 bits per heavy atom. The summed E-state index contributed by atoms with van der Waals surface area (Å²) in [5, 5.41) is 27.9. The van der Waals surface area contributed by atoms with E-state index in [-0.39, 0.29) is 44.6 Å². The number of carbonyl (C=O) groups excluding carboxylic acids is 2. The van der Waals surface area contributed by atoms with Crippen molar-refractivity contribution in [3.63, 3.8) is 0 Å². The molecule has 1 aromatic carbocycles. The summed E-state index contributed by atoms with van der Waals surface area (Å²) in [6, 6.07) is 9.06. The molecule has 3 rings (SSSR count). The van der Waals surface area contributed by atoms with E-state index >= 15 is 0 Å². The third-order valence-electron chi connectivity index (χ3n) is 4.88. The van der Waals surface area contributed by atoms with Crippen LogP contribution < -0.4 is 16.0 Å². The fourth-order valence-corrected chi connectivity index (χ4v) is 3.22. The predicted octanol–water partition coefficient (Wildman–Crippen LogP) is 2.83. The Bertz CT molecular complexity index is 1100. The van der Waals surface area contributed by atoms with Crippen molar-refractivity contribution in [3.05, 3.63) is 54.5 Å². The first-order valence-electron chi connectivity index (χ1n) is 10.6. The summed E-state index contributed by atoms with van der Waals surface area (Å²) >= 11 is 0. The molecule has 10 nitrogen and oxygen atoms in total. The van der Waals surface area contributed by atoms with Crippen LogP contribution in [0.25, 0.3) is 21.9 Å². The van der Waals surface area contributed by atoms with Crippen LogP contribution >= 0.6 is 12.4 Å². The van der Waals surface area contributed by atoms with Crippen molar-refractivity contribution >= 4 is 41.1 Å². The maximum atomic E-state index is 12.0. The first kappa shape index (κ1) is 26.8. The zero-order chi connectivity index (χ0) is 23.6. The minimum atomic E-state index is -0.921. The first-order valence-corrected chi connectivity index (χ1v) is 10.6. The molecule has 2 heterocycles. The van der Waals surface area contributed by atoms with Gasteiger partial charge in [0.15, 0.2) is 0 Å². The molecule has 0 fully saturated rings. The minimum absolute atomic E-state index is 0. The number of aromatic nitrogens is 2. The standard InChI is InChI=1S/C23H27N5O5.ClH/c1-2-25-22(31)28-21-11-19-18(15-5-8-24-9-6-15)4-3-16(20(19)13-26-21)12-27-23(32)33-10-7-17(30)14-29;/h3-6,8-9,11,13,17,29-30H,2,7,10,12,14H2,1H3,(H,27,32)(H2,25,26,28,31);1H/t17-;/m1./s1. The molecule has 34 heavy (non-hydrogen) atoms. The Labute approximate surface area is 203 Å². The highest BCUT2D eigenvalue weighted by Crippen LogP contribution is 2.31. The van der Waals surface area contributed by atoms with E-state index in [4.69, 9.17) is 9.84 Å². The van der Waals surface area contributed by atoms with E-state index in [0.29, 0.717) is 12.4 Å². The number of aliphatic hydroxyl groups is 2. The monoisotopic (exact) mass is 489 g/mol. The summed E-state index contributed by atoms with van der Waals surface area (Å²) in [6.07, 6.45) is 3.66. The van der Waals surface area contributed by atoms with Crippen LogP contribution in [0.5, 0.6) is 0 Å². The lowest BCUT2D eigenvalue weighted by Gasteiger charge is -2.14. The lowest BCUT2D eigenvalue weighted by Crippen LogP contribution is -2.28. The maximum absolute atomic E-state index is 12.0. The molecular weight excluding hydrogens is 462 g/mol. The third kappa shape index (κ3) is 7.27. The van der Waals surface area contributed by atoms with Gasteiger partial charge in [-0.3, -0.25) is 10.3 Å². The van der Waals surface area contributed by atoms with Gasteiger partial charge in [-0.05, 0) is 47.2 Å². The number of benzene rings is 1. The number of nitrogens with zero attached hydrogens (tertiary/aromatic N) is 2. The van der Waals surface area contributed by atoms with Crippen molar-refractivity contribution < 1.29 is 24.5 Å². The van der Waals surface area contributed by atoms with Gasteiger partial charge in [0, 0.05) is 43.5 Å². The molecule has 1 atom stereocenters. The Morgan fingerprint density at radius 2 is 1.88 bits per heavy atom. The number of halogens is 1. The number of nitrogens with one attached hydrogen (secondary N) is 3. The van der Waals surface area contributed by atoms with Gasteiger partial charge in [0.1, 0.15) is 5.82 Å². The Morgan fingerprint density at radius 1 is 1.12 bits per heavy atom. The number of hydrogen-bond acceptors (Lipinski definition) is 7. The van der Waals surface area contributed by atoms with E-state index < -0.39 is 12.2 Å². The van der Waals surface area contributed by atoms with Gasteiger partial charge in [-0.25, -0.2) is 14.6 Å². The van der Waals surface area contributed by atoms with Crippen LogP contribution in [-0.2, 0) is 11.3 Å². The zero-order valence-corrected chi connectivity index (χ0v) is 19.5. The van der Waals surface area contributed by atoms with E-state index in [1.807, 2.05) is 31.2 Å². The van der Waals surface area contributed by atoms with Crippen molar-refractivity contribution in [3.8, 4) is 11.1 Å². The third-order valence-corrected chi connectivity index (χ3v) is 4.88. The van der Waals surface area contributed by atoms with Crippen LogP contribution in [0.1, 0.15) is 18.9 Å². The van der Waals surface area contributed by atoms with E-state index in [0.717, 1.165) is 27.5 Å². The topological polar surface area (TPSA) is 146 Å². The second kappa shape index (κ2) is 13.3. The van der Waals surface area contributed by atoms with Crippen LogP contribution in [0.4, 0.5) is 15.4 Å². The lowest BCUT2D eigenvalue weighted by molar-refractivity contribution is 0.0639. The number of fused-ring (bicyclic) bond motifs is 1. The number of alkyl carbamates (subject to hydrolysis) is 1. The summed E-state index contributed by atoms with van der Waals surface area (Å²) in [7, 11) is 0. The number of urea groups is 1. The van der Waals surface area contributed by atoms with Crippen LogP contribution in [0.2, 0.25) is 0 Å². The Kier molecular flexibility index (Phi) is 10.5. The number of rotatable bonds is 9. The molecule has 0 unspecified atom stereocenters. The summed E-state index contributed by atoms with van der Waals surface area (Å²) in [6.45, 7) is 2.12. The first-order chi connectivity index (χ1) is 16.0. The number of anilines is 1. The average Bonchev–Trinajstić information content (AvgIpc) is 2.83. The van der Waals surface area contributed by atoms with Gasteiger partial charge < -0.3 is 25.6 Å². The van der Waals surface area contributed by atoms with Crippen LogP contribution in [-0.4, -0.2) is 58.2 Å². The number of aliphatic hydroxyl groups excluding tert-OH is 2. The smallest absolute Gasteiger partial charge is 0.407 e. The summed E-state index contributed by atoms with van der Waals surface area (Å²) in [5.74, 6) is 0.399. The molecule has 0 radical (unpaired) electrons. The van der Waals surface area contributed by atoms with E-state index in [1.54, 1.807) is 24.7 Å². The van der Waals surface area contributed by atoms with Crippen LogP contribution in [0, 0.1) is 0 Å². The number of amides is 3. The SMILES string of the molecule is CCNC(=O)Nc1cc2c(-c3ccncc3)ccc(CNC(=O)OCC[C@@H](O)CO)c2cn1.Cl. The minimum Gasteiger partial charge on any atom is -0.449 e. The summed E-state index contributed by atoms with van der Waals surface area (Å²) < 4.78 is 5.03. The van der Waals surface area contributed by atoms with E-state index in [9.17, 15) is 14.7 Å². The molecule has 3 aromatic rings. The molecule has 0 aliphatic carbocycles. The molecule has 11 heteroatoms. The number of pyridine rings is 2. The highest BCUT2D eigenvalue weighted by atomic mass is 35.5. The number of carbonyl (C=O) groups is 2. The fourth-order valence-electron chi connectivity index (χ4n) is 3.22. The van der Waals surface area contributed by atoms with Crippen molar-refractivity contribution in [2.24, 2.45) is 0 Å². The molecular formula is C23H28ClN5O5. The Hall–Kier alpha value is -3.47. The highest BCUT2D eigenvalue weighted by Gasteiger charge is 2.12.